The van der Waals surface area contributed by atoms with E-state index in [2.05, 4.69) is 25.9 Å². The maximum Gasteiger partial charge on any atom is 0.335 e. The molecular formula is C11H8N6O3. The Bertz CT molecular complexity index is 701. The van der Waals surface area contributed by atoms with E-state index in [4.69, 9.17) is 10.4 Å². The van der Waals surface area contributed by atoms with Gasteiger partial charge in [-0.1, -0.05) is 0 Å². The van der Waals surface area contributed by atoms with Crippen molar-refractivity contribution in [3.63, 3.8) is 0 Å². The first-order valence-electron chi connectivity index (χ1n) is 5.28. The molecular weight excluding hydrogens is 264 g/mol. The van der Waals surface area contributed by atoms with E-state index in [9.17, 15) is 9.90 Å². The van der Waals surface area contributed by atoms with Crippen LogP contribution in [0, 0.1) is 11.3 Å². The van der Waals surface area contributed by atoms with Crippen molar-refractivity contribution in [2.75, 3.05) is 5.32 Å². The second kappa shape index (κ2) is 5.49. The SMILES string of the molecule is N#CC(=CNc1cc(O)cc(C(=O)O)c1)c1nn[nH]n1. The van der Waals surface area contributed by atoms with Crippen LogP contribution in [0.4, 0.5) is 5.69 Å². The van der Waals surface area contributed by atoms with Gasteiger partial charge in [-0.25, -0.2) is 4.79 Å². The predicted molar refractivity (Wildman–Crippen MR) is 66.5 cm³/mol. The Balaban J connectivity index is 2.26. The Hall–Kier alpha value is -3.41. The highest BCUT2D eigenvalue weighted by atomic mass is 16.4. The van der Waals surface area contributed by atoms with Gasteiger partial charge in [0.15, 0.2) is 0 Å². The van der Waals surface area contributed by atoms with E-state index in [1.165, 1.54) is 18.3 Å². The number of nitrogens with one attached hydrogen (secondary N) is 2. The molecule has 0 unspecified atom stereocenters. The van der Waals surface area contributed by atoms with Crippen molar-refractivity contribution in [1.82, 2.24) is 20.6 Å². The van der Waals surface area contributed by atoms with E-state index in [0.717, 1.165) is 6.07 Å². The third-order valence-corrected chi connectivity index (χ3v) is 2.25. The Labute approximate surface area is 112 Å². The number of nitrogens with zero attached hydrogens (tertiary/aromatic N) is 4. The number of aromatic amines is 1. The molecule has 0 fully saturated rings. The summed E-state index contributed by atoms with van der Waals surface area (Å²) < 4.78 is 0. The number of phenolic OH excluding ortho intramolecular Hbond substituents is 1. The van der Waals surface area contributed by atoms with Crippen LogP contribution in [0.1, 0.15) is 16.2 Å². The monoisotopic (exact) mass is 272 g/mol. The molecule has 0 aliphatic carbocycles. The average Bonchev–Trinajstić information content (AvgIpc) is 2.93. The van der Waals surface area contributed by atoms with Gasteiger partial charge in [0.25, 0.3) is 0 Å². The van der Waals surface area contributed by atoms with Crippen LogP contribution in [0.5, 0.6) is 5.75 Å². The largest absolute Gasteiger partial charge is 0.508 e. The van der Waals surface area contributed by atoms with Gasteiger partial charge in [0.1, 0.15) is 17.4 Å². The number of aromatic hydroxyl groups is 1. The summed E-state index contributed by atoms with van der Waals surface area (Å²) in [5.74, 6) is -1.29. The molecule has 0 radical (unpaired) electrons. The van der Waals surface area contributed by atoms with Crippen LogP contribution < -0.4 is 5.32 Å². The smallest absolute Gasteiger partial charge is 0.335 e. The standard InChI is InChI=1S/C11H8N6O3/c12-4-7(10-14-16-17-15-10)5-13-8-1-6(11(19)20)2-9(18)3-8/h1-3,5,13,18H,(H,19,20)(H,14,15,16,17). The minimum atomic E-state index is -1.17. The fraction of sp³-hybridized carbons (Fsp3) is 0. The fourth-order valence-corrected chi connectivity index (χ4v) is 1.40. The number of benzene rings is 1. The number of anilines is 1. The number of rotatable bonds is 4. The third-order valence-electron chi connectivity index (χ3n) is 2.25. The van der Waals surface area contributed by atoms with Gasteiger partial charge in [-0.15, -0.1) is 10.2 Å². The summed E-state index contributed by atoms with van der Waals surface area (Å²) in [6.45, 7) is 0. The number of H-pyrrole nitrogens is 1. The molecule has 20 heavy (non-hydrogen) atoms. The first-order valence-corrected chi connectivity index (χ1v) is 5.28. The quantitative estimate of drug-likeness (QED) is 0.590. The van der Waals surface area contributed by atoms with Crippen LogP contribution in [0.3, 0.4) is 0 Å². The molecule has 0 spiro atoms. The second-order valence-corrected chi connectivity index (χ2v) is 3.62. The number of allylic oxidation sites excluding steroid dienone is 1. The summed E-state index contributed by atoms with van der Waals surface area (Å²) in [5.41, 5.74) is 0.316. The summed E-state index contributed by atoms with van der Waals surface area (Å²) >= 11 is 0. The van der Waals surface area contributed by atoms with Crippen molar-refractivity contribution in [3.05, 3.63) is 35.8 Å². The van der Waals surface area contributed by atoms with Gasteiger partial charge >= 0.3 is 5.97 Å². The Morgan fingerprint density at radius 2 is 2.25 bits per heavy atom. The van der Waals surface area contributed by atoms with Crippen molar-refractivity contribution in [2.45, 2.75) is 0 Å². The Morgan fingerprint density at radius 1 is 1.45 bits per heavy atom. The molecule has 100 valence electrons. The van der Waals surface area contributed by atoms with E-state index in [1.807, 2.05) is 6.07 Å². The highest BCUT2D eigenvalue weighted by Crippen LogP contribution is 2.20. The number of phenols is 1. The molecule has 1 aromatic heterocycles. The summed E-state index contributed by atoms with van der Waals surface area (Å²) in [7, 11) is 0. The normalized spacial score (nSPS) is 10.8. The van der Waals surface area contributed by atoms with Crippen molar-refractivity contribution >= 4 is 17.2 Å². The minimum absolute atomic E-state index is 0.0843. The van der Waals surface area contributed by atoms with E-state index in [0.29, 0.717) is 5.69 Å². The van der Waals surface area contributed by atoms with Gasteiger partial charge in [0.2, 0.25) is 5.82 Å². The number of carbonyl (C=O) groups is 1. The van der Waals surface area contributed by atoms with E-state index in [1.54, 1.807) is 0 Å². The molecule has 9 heteroatoms. The van der Waals surface area contributed by atoms with Crippen molar-refractivity contribution in [3.8, 4) is 11.8 Å². The molecule has 0 saturated heterocycles. The Kier molecular flexibility index (Phi) is 3.58. The van der Waals surface area contributed by atoms with E-state index < -0.39 is 5.97 Å². The lowest BCUT2D eigenvalue weighted by molar-refractivity contribution is 0.0696. The lowest BCUT2D eigenvalue weighted by Crippen LogP contribution is -1.98. The maximum atomic E-state index is 10.8. The van der Waals surface area contributed by atoms with Gasteiger partial charge in [0, 0.05) is 18.0 Å². The second-order valence-electron chi connectivity index (χ2n) is 3.62. The third kappa shape index (κ3) is 2.88. The van der Waals surface area contributed by atoms with Gasteiger partial charge in [0.05, 0.1) is 5.56 Å². The van der Waals surface area contributed by atoms with Crippen LogP contribution in [0.25, 0.3) is 5.57 Å². The number of tetrazole rings is 1. The van der Waals surface area contributed by atoms with Crippen LogP contribution in [-0.4, -0.2) is 36.8 Å². The molecule has 0 amide bonds. The topological polar surface area (TPSA) is 148 Å². The van der Waals surface area contributed by atoms with E-state index >= 15 is 0 Å². The zero-order chi connectivity index (χ0) is 14.5. The lowest BCUT2D eigenvalue weighted by atomic mass is 10.2. The van der Waals surface area contributed by atoms with Gasteiger partial charge in [-0.2, -0.15) is 10.5 Å². The number of carboxylic acids is 1. The molecule has 0 bridgehead atoms. The predicted octanol–water partition coefficient (Wildman–Crippen LogP) is 0.580. The molecule has 0 saturated carbocycles. The average molecular weight is 272 g/mol. The minimum Gasteiger partial charge on any atom is -0.508 e. The highest BCUT2D eigenvalue weighted by molar-refractivity contribution is 5.89. The number of hydrogen-bond acceptors (Lipinski definition) is 7. The van der Waals surface area contributed by atoms with Crippen LogP contribution in [-0.2, 0) is 0 Å². The summed E-state index contributed by atoms with van der Waals surface area (Å²) in [6.07, 6.45) is 1.28. The first kappa shape index (κ1) is 13.0. The molecule has 0 aliphatic rings. The van der Waals surface area contributed by atoms with Gasteiger partial charge in [-0.05, 0) is 17.3 Å². The zero-order valence-corrected chi connectivity index (χ0v) is 9.90. The summed E-state index contributed by atoms with van der Waals surface area (Å²) in [5, 5.41) is 42.7. The molecule has 1 aromatic carbocycles. The number of carboxylic acid groups (broad SMARTS) is 1. The lowest BCUT2D eigenvalue weighted by Gasteiger charge is -2.04. The number of nitriles is 1. The number of aromatic nitrogens is 4. The first-order chi connectivity index (χ1) is 9.60. The molecule has 9 nitrogen and oxygen atoms in total. The molecule has 2 rings (SSSR count). The molecule has 1 heterocycles. The zero-order valence-electron chi connectivity index (χ0n) is 9.90. The molecule has 2 aromatic rings. The number of hydrogen-bond donors (Lipinski definition) is 4. The van der Waals surface area contributed by atoms with Crippen molar-refractivity contribution in [2.24, 2.45) is 0 Å². The maximum absolute atomic E-state index is 10.8. The highest BCUT2D eigenvalue weighted by Gasteiger charge is 2.08. The van der Waals surface area contributed by atoms with Crippen molar-refractivity contribution < 1.29 is 15.0 Å². The Morgan fingerprint density at radius 3 is 2.85 bits per heavy atom. The van der Waals surface area contributed by atoms with E-state index in [-0.39, 0.29) is 22.7 Å². The molecule has 0 aliphatic heterocycles. The van der Waals surface area contributed by atoms with Crippen molar-refractivity contribution in [1.29, 1.82) is 5.26 Å². The van der Waals surface area contributed by atoms with Crippen LogP contribution >= 0.6 is 0 Å². The molecule has 4 N–H and O–H groups in total. The van der Waals surface area contributed by atoms with Gasteiger partial charge in [-0.3, -0.25) is 0 Å². The van der Waals surface area contributed by atoms with Crippen LogP contribution in [0.15, 0.2) is 24.4 Å². The van der Waals surface area contributed by atoms with Gasteiger partial charge < -0.3 is 15.5 Å². The fourth-order valence-electron chi connectivity index (χ4n) is 1.40. The van der Waals surface area contributed by atoms with Crippen LogP contribution in [0.2, 0.25) is 0 Å². The number of aromatic carboxylic acids is 1. The molecule has 0 atom stereocenters. The summed E-state index contributed by atoms with van der Waals surface area (Å²) in [4.78, 5) is 10.8. The summed E-state index contributed by atoms with van der Waals surface area (Å²) in [6, 6.07) is 5.60.